The first-order chi connectivity index (χ1) is 18.7. The Hall–Kier alpha value is -4.46. The van der Waals surface area contributed by atoms with Gasteiger partial charge in [-0.2, -0.15) is 0 Å². The van der Waals surface area contributed by atoms with Crippen LogP contribution in [0.15, 0.2) is 130 Å². The molecule has 6 aromatic carbocycles. The Balaban J connectivity index is 1.74. The van der Waals surface area contributed by atoms with Crippen molar-refractivity contribution in [1.82, 2.24) is 0 Å². The first-order valence-corrected chi connectivity index (χ1v) is 13.9. The van der Waals surface area contributed by atoms with Crippen molar-refractivity contribution < 1.29 is 8.39 Å². The summed E-state index contributed by atoms with van der Waals surface area (Å²) in [7, 11) is -1.60. The first kappa shape index (κ1) is 22.7. The molecule has 1 heterocycles. The van der Waals surface area contributed by atoms with Gasteiger partial charge in [-0.05, 0) is 82.9 Å². The molecule has 3 nitrogen and oxygen atoms in total. The minimum Gasteiger partial charge on any atom is -0.403 e. The van der Waals surface area contributed by atoms with E-state index >= 15 is 0 Å². The van der Waals surface area contributed by atoms with Crippen molar-refractivity contribution in [3.8, 4) is 0 Å². The van der Waals surface area contributed by atoms with Crippen LogP contribution in [0.2, 0.25) is 0 Å². The molecule has 4 heteroatoms. The smallest absolute Gasteiger partial charge is 0.346 e. The number of benzene rings is 6. The van der Waals surface area contributed by atoms with E-state index in [0.29, 0.717) is 0 Å². The van der Waals surface area contributed by atoms with Gasteiger partial charge in [0.05, 0.1) is 11.4 Å². The summed E-state index contributed by atoms with van der Waals surface area (Å²) in [6.45, 7) is 4.27. The number of para-hydroxylation sites is 2. The van der Waals surface area contributed by atoms with Crippen molar-refractivity contribution in [3.05, 3.63) is 132 Å². The molecule has 0 amide bonds. The number of fused-ring (bicyclic) bond motifs is 7. The van der Waals surface area contributed by atoms with E-state index in [9.17, 15) is 0 Å². The predicted molar refractivity (Wildman–Crippen MR) is 161 cm³/mol. The Morgan fingerprint density at radius 2 is 0.895 bits per heavy atom. The van der Waals surface area contributed by atoms with E-state index in [1.54, 1.807) is 0 Å². The van der Waals surface area contributed by atoms with Crippen molar-refractivity contribution in [3.63, 3.8) is 0 Å². The van der Waals surface area contributed by atoms with E-state index in [1.165, 1.54) is 10.8 Å². The maximum Gasteiger partial charge on any atom is 0.346 e. The van der Waals surface area contributed by atoms with Crippen LogP contribution in [0.25, 0.3) is 43.5 Å². The van der Waals surface area contributed by atoms with Gasteiger partial charge in [0.15, 0.2) is 0 Å². The van der Waals surface area contributed by atoms with Gasteiger partial charge in [0.1, 0.15) is 11.2 Å². The highest BCUT2D eigenvalue weighted by Crippen LogP contribution is 2.48. The lowest BCUT2D eigenvalue weighted by molar-refractivity contribution is 0.637. The zero-order chi connectivity index (χ0) is 25.6. The molecule has 0 radical (unpaired) electrons. The van der Waals surface area contributed by atoms with Crippen LogP contribution in [-0.4, -0.2) is 0 Å². The molecule has 1 aromatic heterocycles. The summed E-state index contributed by atoms with van der Waals surface area (Å²) >= 11 is 0. The topological polar surface area (TPSA) is 29.5 Å². The second-order valence-corrected chi connectivity index (χ2v) is 10.9. The minimum absolute atomic E-state index is 0.876. The third-order valence-electron chi connectivity index (χ3n) is 7.13. The molecule has 0 aliphatic heterocycles. The number of hydrogen-bond donors (Lipinski definition) is 0. The Labute approximate surface area is 222 Å². The summed E-state index contributed by atoms with van der Waals surface area (Å²) < 4.78 is 16.2. The summed E-state index contributed by atoms with van der Waals surface area (Å²) in [6, 6.07) is 42.3. The summed E-state index contributed by atoms with van der Waals surface area (Å²) in [5.74, 6) is 0. The number of hydrogen-bond acceptors (Lipinski definition) is 3. The molecular weight excluding hydrogens is 485 g/mol. The fourth-order valence-electron chi connectivity index (χ4n) is 5.40. The summed E-state index contributed by atoms with van der Waals surface area (Å²) in [6.07, 6.45) is 0. The average Bonchev–Trinajstić information content (AvgIpc) is 3.14. The SMILES string of the molecule is Cc1cc2ccccc2c2c1op(N(c1ccccc1)c1ccccc1)oc1c(C)cc3ccccc3c12. The van der Waals surface area contributed by atoms with Crippen LogP contribution < -0.4 is 4.67 Å². The molecule has 0 fully saturated rings. The zero-order valence-corrected chi connectivity index (χ0v) is 22.2. The van der Waals surface area contributed by atoms with Crippen molar-refractivity contribution >= 4 is 63.0 Å². The third kappa shape index (κ3) is 3.67. The first-order valence-electron chi connectivity index (χ1n) is 12.8. The van der Waals surface area contributed by atoms with Gasteiger partial charge in [-0.1, -0.05) is 84.9 Å². The molecule has 0 saturated carbocycles. The Kier molecular flexibility index (Phi) is 5.46. The lowest BCUT2D eigenvalue weighted by Gasteiger charge is -2.21. The van der Waals surface area contributed by atoms with Crippen molar-refractivity contribution in [2.24, 2.45) is 0 Å². The van der Waals surface area contributed by atoms with Crippen LogP contribution in [0, 0.1) is 13.8 Å². The highest BCUT2D eigenvalue weighted by molar-refractivity contribution is 7.40. The molecule has 0 unspecified atom stereocenters. The van der Waals surface area contributed by atoms with Crippen LogP contribution in [0.4, 0.5) is 11.4 Å². The minimum atomic E-state index is -1.60. The molecule has 7 rings (SSSR count). The monoisotopic (exact) mass is 511 g/mol. The number of rotatable bonds is 3. The molecule has 0 N–H and O–H groups in total. The fourth-order valence-corrected chi connectivity index (χ4v) is 7.03. The molecular formula is C34H26NO2P. The lowest BCUT2D eigenvalue weighted by atomic mass is 9.95. The van der Waals surface area contributed by atoms with Crippen molar-refractivity contribution in [1.29, 1.82) is 0 Å². The number of anilines is 2. The Morgan fingerprint density at radius 1 is 0.500 bits per heavy atom. The summed E-state index contributed by atoms with van der Waals surface area (Å²) in [5.41, 5.74) is 5.98. The van der Waals surface area contributed by atoms with Crippen molar-refractivity contribution in [2.75, 3.05) is 4.67 Å². The van der Waals surface area contributed by atoms with Gasteiger partial charge in [0.25, 0.3) is 0 Å². The lowest BCUT2D eigenvalue weighted by Crippen LogP contribution is -2.04. The van der Waals surface area contributed by atoms with Gasteiger partial charge in [0.2, 0.25) is 0 Å². The maximum absolute atomic E-state index is 7.02. The van der Waals surface area contributed by atoms with Gasteiger partial charge in [-0.15, -0.1) is 0 Å². The van der Waals surface area contributed by atoms with E-state index in [0.717, 1.165) is 55.2 Å². The second kappa shape index (κ2) is 9.13. The Bertz CT molecular complexity index is 1850. The highest BCUT2D eigenvalue weighted by atomic mass is 31.1. The van der Waals surface area contributed by atoms with E-state index < -0.39 is 8.16 Å². The number of aryl methyl sites for hydroxylation is 2. The molecule has 184 valence electrons. The second-order valence-electron chi connectivity index (χ2n) is 9.64. The van der Waals surface area contributed by atoms with Crippen LogP contribution >= 0.6 is 8.16 Å². The quantitative estimate of drug-likeness (QED) is 0.236. The van der Waals surface area contributed by atoms with E-state index in [2.05, 4.69) is 128 Å². The van der Waals surface area contributed by atoms with Gasteiger partial charge in [0, 0.05) is 10.8 Å². The largest absolute Gasteiger partial charge is 0.403 e. The summed E-state index contributed by atoms with van der Waals surface area (Å²) in [5, 5.41) is 6.91. The molecule has 7 aromatic rings. The maximum atomic E-state index is 7.02. The van der Waals surface area contributed by atoms with Gasteiger partial charge in [-0.25, -0.2) is 4.67 Å². The van der Waals surface area contributed by atoms with Gasteiger partial charge in [-0.3, -0.25) is 0 Å². The van der Waals surface area contributed by atoms with Crippen LogP contribution in [0.1, 0.15) is 11.1 Å². The Morgan fingerprint density at radius 3 is 1.34 bits per heavy atom. The standard InChI is InChI=1S/C34H26NO2P/c1-23-21-25-13-9-11-19-29(25)31-32-30-20-12-10-14-26(30)22-24(2)34(32)37-38(36-33(23)31)35(27-15-5-3-6-16-27)28-17-7-4-8-18-28/h3-22H,1-2H3. The zero-order valence-electron chi connectivity index (χ0n) is 21.3. The highest BCUT2D eigenvalue weighted by Gasteiger charge is 2.21. The van der Waals surface area contributed by atoms with Crippen molar-refractivity contribution in [2.45, 2.75) is 13.8 Å². The third-order valence-corrected chi connectivity index (χ3v) is 8.59. The van der Waals surface area contributed by atoms with Gasteiger partial charge < -0.3 is 8.39 Å². The predicted octanol–water partition coefficient (Wildman–Crippen LogP) is 10.8. The fraction of sp³-hybridized carbons (Fsp3) is 0.0588. The van der Waals surface area contributed by atoms with E-state index in [4.69, 9.17) is 8.39 Å². The van der Waals surface area contributed by atoms with Crippen LogP contribution in [0.5, 0.6) is 0 Å². The number of nitrogens with zero attached hydrogens (tertiary/aromatic N) is 1. The molecule has 0 saturated heterocycles. The van der Waals surface area contributed by atoms with Gasteiger partial charge >= 0.3 is 8.16 Å². The summed E-state index contributed by atoms with van der Waals surface area (Å²) in [4.78, 5) is 0. The molecule has 0 aliphatic carbocycles. The molecule has 0 bridgehead atoms. The van der Waals surface area contributed by atoms with E-state index in [1.807, 2.05) is 12.1 Å². The van der Waals surface area contributed by atoms with Crippen LogP contribution in [0.3, 0.4) is 0 Å². The molecule has 38 heavy (non-hydrogen) atoms. The molecule has 0 aliphatic rings. The molecule has 0 spiro atoms. The van der Waals surface area contributed by atoms with E-state index in [-0.39, 0.29) is 0 Å². The van der Waals surface area contributed by atoms with Crippen LogP contribution in [-0.2, 0) is 0 Å². The normalized spacial score (nSPS) is 11.4. The molecule has 0 atom stereocenters. The average molecular weight is 512 g/mol.